The first-order valence-electron chi connectivity index (χ1n) is 8.77. The van der Waals surface area contributed by atoms with Crippen molar-refractivity contribution < 1.29 is 19.0 Å². The number of carbonyl (C=O) groups is 1. The van der Waals surface area contributed by atoms with Gasteiger partial charge in [0.2, 0.25) is 0 Å². The molecular weight excluding hydrogens is 367 g/mol. The lowest BCUT2D eigenvalue weighted by molar-refractivity contribution is 0.0564. The normalized spacial score (nSPS) is 22.1. The maximum absolute atomic E-state index is 14.6. The number of benzene rings is 1. The number of nitrogens with one attached hydrogen (secondary N) is 1. The molecule has 1 aromatic carbocycles. The summed E-state index contributed by atoms with van der Waals surface area (Å²) in [5, 5.41) is 12.5. The van der Waals surface area contributed by atoms with Gasteiger partial charge in [-0.05, 0) is 58.1 Å². The molecule has 2 N–H and O–H groups in total. The number of carbonyl (C=O) groups excluding carboxylic acids is 1. The minimum Gasteiger partial charge on any atom is -0.444 e. The van der Waals surface area contributed by atoms with Gasteiger partial charge in [-0.1, -0.05) is 29.5 Å². The fourth-order valence-corrected chi connectivity index (χ4v) is 3.94. The summed E-state index contributed by atoms with van der Waals surface area (Å²) >= 11 is 1.26. The van der Waals surface area contributed by atoms with Crippen LogP contribution in [0.2, 0.25) is 0 Å². The standard InChI is InChI=1S/C20H27FN2O3S/c1-12-7-8-15(21)14(9-12)20(6)10-16(13(2)11-24)27-17(23-20)22-18(25)26-19(3,4)5/h7-9,24H,10-11H2,1-6H3,(H,22,23,25)/b16-13-/t20-/m0/s1. The zero-order chi connectivity index (χ0) is 20.4. The topological polar surface area (TPSA) is 70.9 Å². The van der Waals surface area contributed by atoms with E-state index < -0.39 is 17.2 Å². The van der Waals surface area contributed by atoms with Gasteiger partial charge in [0.25, 0.3) is 0 Å². The molecule has 0 spiro atoms. The summed E-state index contributed by atoms with van der Waals surface area (Å²) in [6.45, 7) is 10.7. The van der Waals surface area contributed by atoms with E-state index in [4.69, 9.17) is 4.74 Å². The van der Waals surface area contributed by atoms with E-state index in [0.29, 0.717) is 17.2 Å². The van der Waals surface area contributed by atoms with Gasteiger partial charge in [0.1, 0.15) is 11.4 Å². The van der Waals surface area contributed by atoms with Crippen molar-refractivity contribution in [3.05, 3.63) is 45.6 Å². The number of hydrogen-bond acceptors (Lipinski definition) is 5. The number of aryl methyl sites for hydroxylation is 1. The van der Waals surface area contributed by atoms with Gasteiger partial charge in [-0.25, -0.2) is 9.18 Å². The molecule has 148 valence electrons. The van der Waals surface area contributed by atoms with Crippen LogP contribution in [0.25, 0.3) is 0 Å². The summed E-state index contributed by atoms with van der Waals surface area (Å²) in [6.07, 6.45) is -0.187. The van der Waals surface area contributed by atoms with Crippen LogP contribution < -0.4 is 5.32 Å². The van der Waals surface area contributed by atoms with E-state index in [0.717, 1.165) is 16.0 Å². The molecule has 1 atom stereocenters. The first-order valence-corrected chi connectivity index (χ1v) is 9.59. The molecule has 0 saturated carbocycles. The van der Waals surface area contributed by atoms with Crippen molar-refractivity contribution in [3.63, 3.8) is 0 Å². The summed E-state index contributed by atoms with van der Waals surface area (Å²) in [6, 6.07) is 4.90. The zero-order valence-electron chi connectivity index (χ0n) is 16.6. The number of rotatable bonds is 2. The average molecular weight is 395 g/mol. The fraction of sp³-hybridized carbons (Fsp3) is 0.500. The molecule has 2 rings (SSSR count). The van der Waals surface area contributed by atoms with Gasteiger partial charge in [-0.3, -0.25) is 10.3 Å². The largest absolute Gasteiger partial charge is 0.444 e. The third-order valence-corrected chi connectivity index (χ3v) is 5.22. The van der Waals surface area contributed by atoms with E-state index in [2.05, 4.69) is 10.3 Å². The van der Waals surface area contributed by atoms with E-state index in [1.807, 2.05) is 20.8 Å². The van der Waals surface area contributed by atoms with Crippen LogP contribution >= 0.6 is 11.8 Å². The Bertz CT molecular complexity index is 799. The van der Waals surface area contributed by atoms with Crippen LogP contribution in [0.15, 0.2) is 33.7 Å². The third-order valence-electron chi connectivity index (χ3n) is 4.10. The molecular formula is C20H27FN2O3S. The Balaban J connectivity index is 2.46. The molecule has 0 bridgehead atoms. The van der Waals surface area contributed by atoms with E-state index in [-0.39, 0.29) is 12.4 Å². The van der Waals surface area contributed by atoms with Gasteiger partial charge in [-0.15, -0.1) is 0 Å². The highest BCUT2D eigenvalue weighted by Crippen LogP contribution is 2.43. The van der Waals surface area contributed by atoms with Crippen LogP contribution in [0.5, 0.6) is 0 Å². The van der Waals surface area contributed by atoms with E-state index in [9.17, 15) is 14.3 Å². The number of halogens is 1. The summed E-state index contributed by atoms with van der Waals surface area (Å²) in [7, 11) is 0. The summed E-state index contributed by atoms with van der Waals surface area (Å²) < 4.78 is 19.9. The van der Waals surface area contributed by atoms with E-state index in [1.54, 1.807) is 32.9 Å². The monoisotopic (exact) mass is 394 g/mol. The predicted molar refractivity (Wildman–Crippen MR) is 107 cm³/mol. The molecule has 1 heterocycles. The summed E-state index contributed by atoms with van der Waals surface area (Å²) in [4.78, 5) is 17.7. The molecule has 7 heteroatoms. The molecule has 1 aromatic rings. The zero-order valence-corrected chi connectivity index (χ0v) is 17.5. The number of amidine groups is 1. The number of aliphatic imine (C=N–C) groups is 1. The molecule has 0 fully saturated rings. The fourth-order valence-electron chi connectivity index (χ4n) is 2.73. The maximum Gasteiger partial charge on any atom is 0.413 e. The predicted octanol–water partition coefficient (Wildman–Crippen LogP) is 4.63. The Labute approximate surface area is 164 Å². The Morgan fingerprint density at radius 1 is 1.44 bits per heavy atom. The molecule has 1 aliphatic rings. The summed E-state index contributed by atoms with van der Waals surface area (Å²) in [5.41, 5.74) is 0.590. The Morgan fingerprint density at radius 3 is 2.70 bits per heavy atom. The molecule has 27 heavy (non-hydrogen) atoms. The van der Waals surface area contributed by atoms with Crippen molar-refractivity contribution in [1.29, 1.82) is 0 Å². The van der Waals surface area contributed by atoms with Gasteiger partial charge in [-0.2, -0.15) is 0 Å². The van der Waals surface area contributed by atoms with Gasteiger partial charge < -0.3 is 9.84 Å². The van der Waals surface area contributed by atoms with Crippen molar-refractivity contribution in [2.45, 2.75) is 59.1 Å². The Hall–Kier alpha value is -1.86. The number of ether oxygens (including phenoxy) is 1. The van der Waals surface area contributed by atoms with Crippen molar-refractivity contribution in [1.82, 2.24) is 5.32 Å². The minimum absolute atomic E-state index is 0.117. The molecule has 1 aliphatic heterocycles. The smallest absolute Gasteiger partial charge is 0.413 e. The van der Waals surface area contributed by atoms with Crippen molar-refractivity contribution in [2.24, 2.45) is 4.99 Å². The lowest BCUT2D eigenvalue weighted by Crippen LogP contribution is -2.38. The lowest BCUT2D eigenvalue weighted by atomic mass is 9.87. The van der Waals surface area contributed by atoms with Crippen LogP contribution in [0.1, 0.15) is 52.2 Å². The highest BCUT2D eigenvalue weighted by Gasteiger charge is 2.36. The van der Waals surface area contributed by atoms with Crippen molar-refractivity contribution >= 4 is 23.0 Å². The van der Waals surface area contributed by atoms with E-state index in [1.165, 1.54) is 17.8 Å². The van der Waals surface area contributed by atoms with Gasteiger partial charge in [0.15, 0.2) is 5.17 Å². The number of aliphatic hydroxyl groups is 1. The first-order chi connectivity index (χ1) is 12.4. The second kappa shape index (κ2) is 8.02. The highest BCUT2D eigenvalue weighted by molar-refractivity contribution is 8.17. The van der Waals surface area contributed by atoms with Crippen LogP contribution in [0, 0.1) is 12.7 Å². The second-order valence-corrected chi connectivity index (χ2v) is 9.03. The van der Waals surface area contributed by atoms with Gasteiger partial charge in [0, 0.05) is 12.0 Å². The minimum atomic E-state index is -0.905. The average Bonchev–Trinajstić information content (AvgIpc) is 2.53. The quantitative estimate of drug-likeness (QED) is 0.767. The van der Waals surface area contributed by atoms with Crippen molar-refractivity contribution in [2.75, 3.05) is 6.61 Å². The number of alkyl carbamates (subject to hydrolysis) is 1. The lowest BCUT2D eigenvalue weighted by Gasteiger charge is -2.33. The van der Waals surface area contributed by atoms with Gasteiger partial charge >= 0.3 is 6.09 Å². The maximum atomic E-state index is 14.6. The molecule has 0 aromatic heterocycles. The molecule has 0 aliphatic carbocycles. The number of hydrogen-bond donors (Lipinski definition) is 2. The van der Waals surface area contributed by atoms with Crippen LogP contribution in [0.4, 0.5) is 9.18 Å². The van der Waals surface area contributed by atoms with Crippen LogP contribution in [-0.2, 0) is 10.3 Å². The molecule has 5 nitrogen and oxygen atoms in total. The molecule has 0 radical (unpaired) electrons. The van der Waals surface area contributed by atoms with Crippen LogP contribution in [-0.4, -0.2) is 28.6 Å². The number of amides is 1. The first kappa shape index (κ1) is 21.4. The second-order valence-electron chi connectivity index (χ2n) is 7.94. The van der Waals surface area contributed by atoms with Crippen molar-refractivity contribution in [3.8, 4) is 0 Å². The SMILES string of the molecule is C/C(CO)=C1\C[C@@](C)(c2cc(C)ccc2F)N=C(NC(=O)OC(C)(C)C)S1. The van der Waals surface area contributed by atoms with Crippen LogP contribution in [0.3, 0.4) is 0 Å². The molecule has 0 unspecified atom stereocenters. The molecule has 0 saturated heterocycles. The summed E-state index contributed by atoms with van der Waals surface area (Å²) in [5.74, 6) is -0.351. The molecule has 1 amide bonds. The van der Waals surface area contributed by atoms with Gasteiger partial charge in [0.05, 0.1) is 12.1 Å². The number of thioether (sulfide) groups is 1. The Kier molecular flexibility index (Phi) is 6.37. The number of nitrogens with zero attached hydrogens (tertiary/aromatic N) is 1. The van der Waals surface area contributed by atoms with E-state index >= 15 is 0 Å². The highest BCUT2D eigenvalue weighted by atomic mass is 32.2. The Morgan fingerprint density at radius 2 is 2.11 bits per heavy atom. The number of aliphatic hydroxyl groups excluding tert-OH is 1. The third kappa shape index (κ3) is 5.56.